The minimum absolute atomic E-state index is 0.0583. The molecule has 2 rings (SSSR count). The number of nitrogens with one attached hydrogen (secondary N) is 1. The fourth-order valence-electron chi connectivity index (χ4n) is 3.31. The van der Waals surface area contributed by atoms with E-state index in [0.29, 0.717) is 6.54 Å². The molecule has 110 valence electrons. The van der Waals surface area contributed by atoms with Crippen molar-refractivity contribution in [2.24, 2.45) is 11.7 Å². The average molecular weight is 268 g/mol. The van der Waals surface area contributed by atoms with Crippen LogP contribution in [0.3, 0.4) is 0 Å². The second kappa shape index (κ2) is 6.71. The lowest BCUT2D eigenvalue weighted by atomic mass is 9.77. The molecule has 1 atom stereocenters. The molecule has 4 heteroatoms. The SMILES string of the molecule is CCC1CCC(CN)(OC2CCCCNC2=O)CC1. The van der Waals surface area contributed by atoms with Gasteiger partial charge >= 0.3 is 0 Å². The second-order valence-corrected chi connectivity index (χ2v) is 6.13. The normalized spacial score (nSPS) is 36.6. The summed E-state index contributed by atoms with van der Waals surface area (Å²) in [5.41, 5.74) is 5.72. The first-order chi connectivity index (χ1) is 9.19. The maximum atomic E-state index is 12.0. The lowest BCUT2D eigenvalue weighted by Crippen LogP contribution is -2.49. The summed E-state index contributed by atoms with van der Waals surface area (Å²) in [4.78, 5) is 12.0. The molecule has 1 aliphatic carbocycles. The van der Waals surface area contributed by atoms with Gasteiger partial charge in [-0.05, 0) is 50.9 Å². The van der Waals surface area contributed by atoms with Gasteiger partial charge in [0.25, 0.3) is 0 Å². The van der Waals surface area contributed by atoms with Gasteiger partial charge in [0.2, 0.25) is 5.91 Å². The van der Waals surface area contributed by atoms with Crippen LogP contribution in [0.15, 0.2) is 0 Å². The number of hydrogen-bond donors (Lipinski definition) is 2. The van der Waals surface area contributed by atoms with Crippen LogP contribution in [0.4, 0.5) is 0 Å². The number of amides is 1. The minimum Gasteiger partial charge on any atom is -0.361 e. The lowest BCUT2D eigenvalue weighted by molar-refractivity contribution is -0.153. The molecule has 4 nitrogen and oxygen atoms in total. The van der Waals surface area contributed by atoms with Gasteiger partial charge in [-0.25, -0.2) is 0 Å². The van der Waals surface area contributed by atoms with Crippen molar-refractivity contribution in [3.05, 3.63) is 0 Å². The topological polar surface area (TPSA) is 64.3 Å². The highest BCUT2D eigenvalue weighted by atomic mass is 16.5. The van der Waals surface area contributed by atoms with Crippen LogP contribution in [-0.2, 0) is 9.53 Å². The Morgan fingerprint density at radius 1 is 1.32 bits per heavy atom. The molecule has 1 heterocycles. The first-order valence-corrected chi connectivity index (χ1v) is 7.85. The van der Waals surface area contributed by atoms with E-state index in [2.05, 4.69) is 12.2 Å². The standard InChI is InChI=1S/C15H28N2O2/c1-2-12-6-8-15(11-16,9-7-12)19-13-5-3-4-10-17-14(13)18/h12-13H,2-11,16H2,1H3,(H,17,18). The van der Waals surface area contributed by atoms with Crippen molar-refractivity contribution in [1.82, 2.24) is 5.32 Å². The van der Waals surface area contributed by atoms with Crippen LogP contribution < -0.4 is 11.1 Å². The predicted octanol–water partition coefficient (Wildman–Crippen LogP) is 1.97. The van der Waals surface area contributed by atoms with Crippen LogP contribution >= 0.6 is 0 Å². The molecule has 1 saturated carbocycles. The van der Waals surface area contributed by atoms with Crippen LogP contribution in [0, 0.1) is 5.92 Å². The van der Waals surface area contributed by atoms with Crippen LogP contribution in [-0.4, -0.2) is 30.7 Å². The van der Waals surface area contributed by atoms with E-state index < -0.39 is 0 Å². The Morgan fingerprint density at radius 3 is 2.68 bits per heavy atom. The number of ether oxygens (including phenoxy) is 1. The van der Waals surface area contributed by atoms with Gasteiger partial charge in [-0.3, -0.25) is 4.79 Å². The van der Waals surface area contributed by atoms with Gasteiger partial charge < -0.3 is 15.8 Å². The Balaban J connectivity index is 1.96. The maximum Gasteiger partial charge on any atom is 0.249 e. The molecule has 1 amide bonds. The summed E-state index contributed by atoms with van der Waals surface area (Å²) in [7, 11) is 0. The van der Waals surface area contributed by atoms with Gasteiger partial charge in [-0.1, -0.05) is 13.3 Å². The maximum absolute atomic E-state index is 12.0. The van der Waals surface area contributed by atoms with Crippen molar-refractivity contribution in [3.8, 4) is 0 Å². The molecule has 0 aromatic rings. The van der Waals surface area contributed by atoms with Crippen molar-refractivity contribution < 1.29 is 9.53 Å². The zero-order chi connectivity index (χ0) is 13.7. The molecule has 2 fully saturated rings. The Morgan fingerprint density at radius 2 is 2.05 bits per heavy atom. The van der Waals surface area contributed by atoms with Gasteiger partial charge in [0.15, 0.2) is 0 Å². The van der Waals surface area contributed by atoms with E-state index in [9.17, 15) is 4.79 Å². The third kappa shape index (κ3) is 3.69. The summed E-state index contributed by atoms with van der Waals surface area (Å²) in [6, 6.07) is 0. The fourth-order valence-corrected chi connectivity index (χ4v) is 3.31. The number of nitrogens with two attached hydrogens (primary N) is 1. The Hall–Kier alpha value is -0.610. The number of carbonyl (C=O) groups is 1. The van der Waals surface area contributed by atoms with Crippen LogP contribution in [0.25, 0.3) is 0 Å². The van der Waals surface area contributed by atoms with E-state index in [1.807, 2.05) is 0 Å². The molecule has 19 heavy (non-hydrogen) atoms. The van der Waals surface area contributed by atoms with Crippen molar-refractivity contribution in [1.29, 1.82) is 0 Å². The van der Waals surface area contributed by atoms with Gasteiger partial charge in [0, 0.05) is 13.1 Å². The third-order valence-electron chi connectivity index (χ3n) is 4.84. The van der Waals surface area contributed by atoms with Gasteiger partial charge in [-0.2, -0.15) is 0 Å². The Labute approximate surface area is 116 Å². The second-order valence-electron chi connectivity index (χ2n) is 6.13. The van der Waals surface area contributed by atoms with Crippen molar-refractivity contribution in [2.75, 3.05) is 13.1 Å². The van der Waals surface area contributed by atoms with Crippen molar-refractivity contribution >= 4 is 5.91 Å². The molecule has 0 aromatic heterocycles. The number of hydrogen-bond acceptors (Lipinski definition) is 3. The van der Waals surface area contributed by atoms with E-state index in [-0.39, 0.29) is 17.6 Å². The van der Waals surface area contributed by atoms with E-state index in [1.165, 1.54) is 19.3 Å². The van der Waals surface area contributed by atoms with Gasteiger partial charge in [0.05, 0.1) is 5.60 Å². The highest BCUT2D eigenvalue weighted by Crippen LogP contribution is 2.37. The summed E-state index contributed by atoms with van der Waals surface area (Å²) in [6.45, 7) is 3.57. The lowest BCUT2D eigenvalue weighted by Gasteiger charge is -2.41. The van der Waals surface area contributed by atoms with E-state index in [4.69, 9.17) is 10.5 Å². The van der Waals surface area contributed by atoms with E-state index in [1.54, 1.807) is 0 Å². The fraction of sp³-hybridized carbons (Fsp3) is 0.933. The Bertz CT molecular complexity index is 299. The minimum atomic E-state index is -0.288. The number of rotatable bonds is 4. The largest absolute Gasteiger partial charge is 0.361 e. The number of carbonyl (C=O) groups excluding carboxylic acids is 1. The first-order valence-electron chi connectivity index (χ1n) is 7.85. The highest BCUT2D eigenvalue weighted by Gasteiger charge is 2.38. The molecule has 1 unspecified atom stereocenters. The highest BCUT2D eigenvalue weighted by molar-refractivity contribution is 5.81. The predicted molar refractivity (Wildman–Crippen MR) is 75.8 cm³/mol. The summed E-state index contributed by atoms with van der Waals surface area (Å²) in [6.07, 6.45) is 8.28. The molecule has 0 radical (unpaired) electrons. The van der Waals surface area contributed by atoms with E-state index >= 15 is 0 Å². The monoisotopic (exact) mass is 268 g/mol. The van der Waals surface area contributed by atoms with Crippen LogP contribution in [0.2, 0.25) is 0 Å². The summed E-state index contributed by atoms with van der Waals surface area (Å²) in [5, 5.41) is 2.94. The summed E-state index contributed by atoms with van der Waals surface area (Å²) in [5.74, 6) is 0.870. The molecule has 0 aromatic carbocycles. The molecule has 0 bridgehead atoms. The summed E-state index contributed by atoms with van der Waals surface area (Å²) >= 11 is 0. The zero-order valence-corrected chi connectivity index (χ0v) is 12.1. The summed E-state index contributed by atoms with van der Waals surface area (Å²) < 4.78 is 6.22. The third-order valence-corrected chi connectivity index (χ3v) is 4.84. The Kier molecular flexibility index (Phi) is 5.22. The molecule has 1 aliphatic heterocycles. The van der Waals surface area contributed by atoms with Crippen LogP contribution in [0.1, 0.15) is 58.3 Å². The molecule has 2 aliphatic rings. The average Bonchev–Trinajstić information content (AvgIpc) is 2.65. The molecule has 1 saturated heterocycles. The van der Waals surface area contributed by atoms with Crippen LogP contribution in [0.5, 0.6) is 0 Å². The van der Waals surface area contributed by atoms with Gasteiger partial charge in [-0.15, -0.1) is 0 Å². The van der Waals surface area contributed by atoms with Gasteiger partial charge in [0.1, 0.15) is 6.10 Å². The van der Waals surface area contributed by atoms with Crippen molar-refractivity contribution in [3.63, 3.8) is 0 Å². The smallest absolute Gasteiger partial charge is 0.249 e. The zero-order valence-electron chi connectivity index (χ0n) is 12.1. The molecular formula is C15H28N2O2. The molecule has 0 spiro atoms. The van der Waals surface area contributed by atoms with Crippen molar-refractivity contribution in [2.45, 2.75) is 70.0 Å². The first kappa shape index (κ1) is 14.8. The molecule has 3 N–H and O–H groups in total. The molecular weight excluding hydrogens is 240 g/mol. The quantitative estimate of drug-likeness (QED) is 0.819. The van der Waals surface area contributed by atoms with E-state index in [0.717, 1.165) is 44.6 Å².